The number of ether oxygens (including phenoxy) is 2. The summed E-state index contributed by atoms with van der Waals surface area (Å²) in [7, 11) is -2.55. The van der Waals surface area contributed by atoms with Crippen LogP contribution in [-0.4, -0.2) is 46.9 Å². The molecule has 1 heterocycles. The number of aromatic nitrogens is 1. The molecule has 3 rings (SSSR count). The number of anilines is 1. The molecule has 164 valence electrons. The molecule has 0 N–H and O–H groups in total. The number of hydrogen-bond acceptors (Lipinski definition) is 7. The van der Waals surface area contributed by atoms with Gasteiger partial charge in [-0.2, -0.15) is 0 Å². The minimum Gasteiger partial charge on any atom is -0.382 e. The van der Waals surface area contributed by atoms with Crippen molar-refractivity contribution in [3.8, 4) is 11.1 Å². The quantitative estimate of drug-likeness (QED) is 0.268. The minimum atomic E-state index is -4.08. The molecule has 9 heteroatoms. The molecular formula is C22H24N2O6S. The molecule has 0 radical (unpaired) electrons. The van der Waals surface area contributed by atoms with Crippen molar-refractivity contribution in [2.24, 2.45) is 0 Å². The Balaban J connectivity index is 2.07. The van der Waals surface area contributed by atoms with E-state index >= 15 is 0 Å². The predicted molar refractivity (Wildman–Crippen MR) is 116 cm³/mol. The van der Waals surface area contributed by atoms with E-state index in [1.165, 1.54) is 13.2 Å². The Morgan fingerprint density at radius 2 is 1.77 bits per heavy atom. The van der Waals surface area contributed by atoms with E-state index < -0.39 is 10.0 Å². The molecule has 0 fully saturated rings. The Kier molecular flexibility index (Phi) is 7.21. The molecule has 0 aliphatic rings. The van der Waals surface area contributed by atoms with Crippen LogP contribution in [0, 0.1) is 13.8 Å². The van der Waals surface area contributed by atoms with Gasteiger partial charge in [-0.3, -0.25) is 4.79 Å². The number of methoxy groups -OCH3 is 1. The third kappa shape index (κ3) is 4.84. The minimum absolute atomic E-state index is 0.0812. The number of nitrogens with zero attached hydrogens (tertiary/aromatic N) is 2. The molecule has 0 saturated heterocycles. The van der Waals surface area contributed by atoms with Crippen LogP contribution in [0.2, 0.25) is 0 Å². The second-order valence-electron chi connectivity index (χ2n) is 6.82. The maximum Gasteiger partial charge on any atom is 0.269 e. The summed E-state index contributed by atoms with van der Waals surface area (Å²) >= 11 is 0. The molecule has 1 aromatic heterocycles. The van der Waals surface area contributed by atoms with Crippen LogP contribution in [0.1, 0.15) is 21.6 Å². The first-order valence-corrected chi connectivity index (χ1v) is 11.0. The first kappa shape index (κ1) is 22.7. The van der Waals surface area contributed by atoms with E-state index in [4.69, 9.17) is 14.0 Å². The Bertz CT molecular complexity index is 1140. The molecule has 0 aliphatic heterocycles. The van der Waals surface area contributed by atoms with Crippen LogP contribution >= 0.6 is 0 Å². The molecule has 0 unspecified atom stereocenters. The van der Waals surface area contributed by atoms with Gasteiger partial charge in [0.25, 0.3) is 10.0 Å². The lowest BCUT2D eigenvalue weighted by Crippen LogP contribution is -2.34. The summed E-state index contributed by atoms with van der Waals surface area (Å²) in [5.74, 6) is 0.0982. The standard InChI is InChI=1S/C22H24N2O6S/c1-16-17(2)23-30-22(16)24(15-29-13-12-28-3)31(26,27)21-7-5-4-6-20(21)19-10-8-18(14-25)9-11-19/h4-11,14H,12-13,15H2,1-3H3. The molecular weight excluding hydrogens is 420 g/mol. The van der Waals surface area contributed by atoms with Crippen LogP contribution in [-0.2, 0) is 19.5 Å². The molecule has 0 amide bonds. The normalized spacial score (nSPS) is 11.5. The number of carbonyl (C=O) groups excluding carboxylic acids is 1. The third-order valence-corrected chi connectivity index (χ3v) is 6.58. The SMILES string of the molecule is COCCOCN(c1onc(C)c1C)S(=O)(=O)c1ccccc1-c1ccc(C=O)cc1. The first-order valence-electron chi connectivity index (χ1n) is 9.57. The number of benzene rings is 2. The van der Waals surface area contributed by atoms with Gasteiger partial charge in [0.2, 0.25) is 5.88 Å². The van der Waals surface area contributed by atoms with Gasteiger partial charge in [-0.05, 0) is 25.5 Å². The molecule has 8 nitrogen and oxygen atoms in total. The summed E-state index contributed by atoms with van der Waals surface area (Å²) in [6.07, 6.45) is 0.737. The van der Waals surface area contributed by atoms with E-state index in [1.54, 1.807) is 56.3 Å². The van der Waals surface area contributed by atoms with Gasteiger partial charge in [0.05, 0.1) is 23.8 Å². The van der Waals surface area contributed by atoms with Crippen molar-refractivity contribution in [3.05, 3.63) is 65.4 Å². The fourth-order valence-corrected chi connectivity index (χ4v) is 4.51. The zero-order valence-electron chi connectivity index (χ0n) is 17.6. The van der Waals surface area contributed by atoms with Crippen molar-refractivity contribution >= 4 is 22.2 Å². The van der Waals surface area contributed by atoms with Crippen molar-refractivity contribution in [1.82, 2.24) is 5.16 Å². The Morgan fingerprint density at radius 3 is 2.39 bits per heavy atom. The average Bonchev–Trinajstić information content (AvgIpc) is 3.11. The van der Waals surface area contributed by atoms with E-state index in [2.05, 4.69) is 5.16 Å². The fraction of sp³-hybridized carbons (Fsp3) is 0.273. The highest BCUT2D eigenvalue weighted by atomic mass is 32.2. The number of sulfonamides is 1. The summed E-state index contributed by atoms with van der Waals surface area (Å²) in [6, 6.07) is 13.3. The zero-order valence-corrected chi connectivity index (χ0v) is 18.4. The van der Waals surface area contributed by atoms with E-state index in [0.29, 0.717) is 34.6 Å². The van der Waals surface area contributed by atoms with Crippen LogP contribution in [0.5, 0.6) is 0 Å². The monoisotopic (exact) mass is 444 g/mol. The number of carbonyl (C=O) groups is 1. The molecule has 31 heavy (non-hydrogen) atoms. The van der Waals surface area contributed by atoms with Crippen LogP contribution < -0.4 is 4.31 Å². The highest BCUT2D eigenvalue weighted by Gasteiger charge is 2.32. The third-order valence-electron chi connectivity index (χ3n) is 4.81. The lowest BCUT2D eigenvalue weighted by molar-refractivity contribution is 0.0744. The number of hydrogen-bond donors (Lipinski definition) is 0. The first-order chi connectivity index (χ1) is 14.9. The maximum atomic E-state index is 13.7. The maximum absolute atomic E-state index is 13.7. The largest absolute Gasteiger partial charge is 0.382 e. The van der Waals surface area contributed by atoms with Crippen molar-refractivity contribution in [3.63, 3.8) is 0 Å². The summed E-state index contributed by atoms with van der Waals surface area (Å²) in [4.78, 5) is 11.0. The lowest BCUT2D eigenvalue weighted by Gasteiger charge is -2.23. The van der Waals surface area contributed by atoms with Gasteiger partial charge >= 0.3 is 0 Å². The molecule has 2 aromatic carbocycles. The number of aldehydes is 1. The highest BCUT2D eigenvalue weighted by Crippen LogP contribution is 2.33. The fourth-order valence-electron chi connectivity index (χ4n) is 2.95. The van der Waals surface area contributed by atoms with Crippen LogP contribution in [0.25, 0.3) is 11.1 Å². The van der Waals surface area contributed by atoms with Crippen molar-refractivity contribution in [1.29, 1.82) is 0 Å². The number of rotatable bonds is 10. The van der Waals surface area contributed by atoms with Crippen LogP contribution in [0.3, 0.4) is 0 Å². The Hall–Kier alpha value is -3.01. The summed E-state index contributed by atoms with van der Waals surface area (Å²) in [6.45, 7) is 3.75. The van der Waals surface area contributed by atoms with Crippen molar-refractivity contribution < 1.29 is 27.2 Å². The second kappa shape index (κ2) is 9.86. The molecule has 0 aliphatic carbocycles. The van der Waals surface area contributed by atoms with E-state index in [-0.39, 0.29) is 24.1 Å². The van der Waals surface area contributed by atoms with E-state index in [0.717, 1.165) is 10.6 Å². The summed E-state index contributed by atoms with van der Waals surface area (Å²) < 4.78 is 44.4. The molecule has 0 bridgehead atoms. The van der Waals surface area contributed by atoms with Gasteiger partial charge < -0.3 is 14.0 Å². The van der Waals surface area contributed by atoms with Crippen molar-refractivity contribution in [2.75, 3.05) is 31.4 Å². The van der Waals surface area contributed by atoms with Gasteiger partial charge in [-0.25, -0.2) is 12.7 Å². The highest BCUT2D eigenvalue weighted by molar-refractivity contribution is 7.93. The van der Waals surface area contributed by atoms with Crippen LogP contribution in [0.15, 0.2) is 57.9 Å². The van der Waals surface area contributed by atoms with Crippen LogP contribution in [0.4, 0.5) is 5.88 Å². The Morgan fingerprint density at radius 1 is 1.06 bits per heavy atom. The van der Waals surface area contributed by atoms with Gasteiger partial charge in [0, 0.05) is 23.8 Å². The number of aryl methyl sites for hydroxylation is 1. The molecule has 0 saturated carbocycles. The van der Waals surface area contributed by atoms with E-state index in [1.807, 2.05) is 0 Å². The van der Waals surface area contributed by atoms with Gasteiger partial charge in [-0.15, -0.1) is 0 Å². The van der Waals surface area contributed by atoms with E-state index in [9.17, 15) is 13.2 Å². The summed E-state index contributed by atoms with van der Waals surface area (Å²) in [5, 5.41) is 3.89. The topological polar surface area (TPSA) is 98.9 Å². The van der Waals surface area contributed by atoms with Crippen molar-refractivity contribution in [2.45, 2.75) is 18.7 Å². The lowest BCUT2D eigenvalue weighted by atomic mass is 10.0. The zero-order chi connectivity index (χ0) is 22.4. The second-order valence-corrected chi connectivity index (χ2v) is 8.65. The summed E-state index contributed by atoms with van der Waals surface area (Å²) in [5.41, 5.74) is 2.85. The Labute approximate surface area is 181 Å². The smallest absolute Gasteiger partial charge is 0.269 e. The predicted octanol–water partition coefficient (Wildman–Crippen LogP) is 3.59. The molecule has 3 aromatic rings. The average molecular weight is 445 g/mol. The van der Waals surface area contributed by atoms with Gasteiger partial charge in [0.1, 0.15) is 13.0 Å². The van der Waals surface area contributed by atoms with Gasteiger partial charge in [-0.1, -0.05) is 47.6 Å². The van der Waals surface area contributed by atoms with Gasteiger partial charge in [0.15, 0.2) is 0 Å². The molecule has 0 spiro atoms. The molecule has 0 atom stereocenters.